The molecule has 0 aromatic carbocycles. The molecule has 0 aliphatic heterocycles. The van der Waals surface area contributed by atoms with Crippen molar-refractivity contribution in [2.24, 2.45) is 5.73 Å². The molecule has 40 heavy (non-hydrogen) atoms. The summed E-state index contributed by atoms with van der Waals surface area (Å²) in [5.41, 5.74) is 6.07. The van der Waals surface area contributed by atoms with Crippen molar-refractivity contribution < 1.29 is 14.6 Å². The van der Waals surface area contributed by atoms with Crippen molar-refractivity contribution in [3.63, 3.8) is 0 Å². The van der Waals surface area contributed by atoms with Crippen LogP contribution in [0.3, 0.4) is 0 Å². The van der Waals surface area contributed by atoms with E-state index in [0.29, 0.717) is 12.8 Å². The van der Waals surface area contributed by atoms with Crippen molar-refractivity contribution in [1.82, 2.24) is 0 Å². The lowest BCUT2D eigenvalue weighted by Crippen LogP contribution is -2.39. The highest BCUT2D eigenvalue weighted by Gasteiger charge is 2.16. The zero-order valence-corrected chi connectivity index (χ0v) is 27.2. The molecule has 0 rings (SSSR count). The molecule has 0 heterocycles. The van der Waals surface area contributed by atoms with Gasteiger partial charge in [-0.2, -0.15) is 0 Å². The van der Waals surface area contributed by atoms with Crippen molar-refractivity contribution in [3.05, 3.63) is 12.2 Å². The Labute approximate surface area is 250 Å². The SMILES string of the molecule is CCCCCCCCC=CCCCCCCCC(=O)OCC(N)C(O)CCCCCCCCCCCCCCC. The lowest BCUT2D eigenvalue weighted by Gasteiger charge is -2.18. The number of carbonyl (C=O) groups excluding carboxylic acids is 1. The maximum Gasteiger partial charge on any atom is 0.305 e. The van der Waals surface area contributed by atoms with Crippen LogP contribution in [0, 0.1) is 0 Å². The molecule has 0 saturated heterocycles. The first-order chi connectivity index (χ1) is 19.6. The van der Waals surface area contributed by atoms with E-state index in [1.54, 1.807) is 0 Å². The van der Waals surface area contributed by atoms with Gasteiger partial charge in [-0.3, -0.25) is 4.79 Å². The molecule has 0 aliphatic carbocycles. The van der Waals surface area contributed by atoms with Crippen LogP contribution in [0.5, 0.6) is 0 Å². The first kappa shape index (κ1) is 39.1. The fraction of sp³-hybridized carbons (Fsp3) is 0.917. The van der Waals surface area contributed by atoms with E-state index in [1.807, 2.05) is 0 Å². The van der Waals surface area contributed by atoms with Gasteiger partial charge in [0.2, 0.25) is 0 Å². The summed E-state index contributed by atoms with van der Waals surface area (Å²) in [5, 5.41) is 10.3. The van der Waals surface area contributed by atoms with Gasteiger partial charge in [0, 0.05) is 6.42 Å². The fourth-order valence-electron chi connectivity index (χ4n) is 5.30. The Morgan fingerprint density at radius 3 is 1.43 bits per heavy atom. The third-order valence-electron chi connectivity index (χ3n) is 8.18. The van der Waals surface area contributed by atoms with E-state index in [2.05, 4.69) is 26.0 Å². The van der Waals surface area contributed by atoms with E-state index in [0.717, 1.165) is 25.7 Å². The molecule has 0 bridgehead atoms. The molecule has 0 spiro atoms. The molecule has 3 N–H and O–H groups in total. The normalized spacial score (nSPS) is 13.2. The quantitative estimate of drug-likeness (QED) is 0.0483. The molecule has 0 amide bonds. The van der Waals surface area contributed by atoms with E-state index in [-0.39, 0.29) is 12.6 Å². The Morgan fingerprint density at radius 2 is 0.975 bits per heavy atom. The zero-order valence-electron chi connectivity index (χ0n) is 27.2. The van der Waals surface area contributed by atoms with Crippen molar-refractivity contribution in [2.75, 3.05) is 6.61 Å². The summed E-state index contributed by atoms with van der Waals surface area (Å²) < 4.78 is 5.33. The standard InChI is InChI=1S/C36H71NO3/c1-3-5-7-9-11-13-15-17-18-20-22-24-26-28-30-32-36(39)40-33-34(37)35(38)31-29-27-25-23-21-19-16-14-12-10-8-6-4-2/h17-18,34-35,38H,3-16,19-33,37H2,1-2H3. The molecule has 2 atom stereocenters. The molecule has 0 aliphatic rings. The highest BCUT2D eigenvalue weighted by atomic mass is 16.5. The third-order valence-corrected chi connectivity index (χ3v) is 8.18. The van der Waals surface area contributed by atoms with Crippen LogP contribution in [0.15, 0.2) is 12.2 Å². The van der Waals surface area contributed by atoms with Crippen LogP contribution in [0.25, 0.3) is 0 Å². The second-order valence-electron chi connectivity index (χ2n) is 12.3. The van der Waals surface area contributed by atoms with Gasteiger partial charge in [0.15, 0.2) is 0 Å². The number of esters is 1. The summed E-state index contributed by atoms with van der Waals surface area (Å²) in [4.78, 5) is 12.0. The van der Waals surface area contributed by atoms with Crippen LogP contribution in [-0.2, 0) is 9.53 Å². The minimum absolute atomic E-state index is 0.128. The van der Waals surface area contributed by atoms with Crippen molar-refractivity contribution in [3.8, 4) is 0 Å². The van der Waals surface area contributed by atoms with Crippen molar-refractivity contribution in [1.29, 1.82) is 0 Å². The third kappa shape index (κ3) is 30.1. The van der Waals surface area contributed by atoms with E-state index in [1.165, 1.54) is 141 Å². The molecule has 0 radical (unpaired) electrons. The van der Waals surface area contributed by atoms with Crippen LogP contribution in [-0.4, -0.2) is 29.8 Å². The minimum Gasteiger partial charge on any atom is -0.464 e. The number of aliphatic hydroxyl groups excluding tert-OH is 1. The van der Waals surface area contributed by atoms with Gasteiger partial charge in [-0.05, 0) is 38.5 Å². The minimum atomic E-state index is -0.583. The fourth-order valence-corrected chi connectivity index (χ4v) is 5.30. The zero-order chi connectivity index (χ0) is 29.4. The predicted octanol–water partition coefficient (Wildman–Crippen LogP) is 10.7. The number of rotatable bonds is 32. The number of aliphatic hydroxyl groups is 1. The number of allylic oxidation sites excluding steroid dienone is 2. The van der Waals surface area contributed by atoms with Gasteiger partial charge in [-0.15, -0.1) is 0 Å². The molecule has 4 nitrogen and oxygen atoms in total. The first-order valence-corrected chi connectivity index (χ1v) is 17.9. The average Bonchev–Trinajstić information content (AvgIpc) is 2.96. The number of hydrogen-bond donors (Lipinski definition) is 2. The lowest BCUT2D eigenvalue weighted by molar-refractivity contribution is -0.145. The van der Waals surface area contributed by atoms with Gasteiger partial charge >= 0.3 is 5.97 Å². The highest BCUT2D eigenvalue weighted by Crippen LogP contribution is 2.14. The van der Waals surface area contributed by atoms with Gasteiger partial charge < -0.3 is 15.6 Å². The molecule has 0 aromatic heterocycles. The van der Waals surface area contributed by atoms with Gasteiger partial charge in [-0.1, -0.05) is 161 Å². The summed E-state index contributed by atoms with van der Waals surface area (Å²) in [6.07, 6.45) is 38.6. The molecular formula is C36H71NO3. The van der Waals surface area contributed by atoms with Gasteiger partial charge in [0.05, 0.1) is 12.1 Å². The summed E-state index contributed by atoms with van der Waals surface area (Å²) in [7, 11) is 0. The second-order valence-corrected chi connectivity index (χ2v) is 12.3. The summed E-state index contributed by atoms with van der Waals surface area (Å²) >= 11 is 0. The number of carbonyl (C=O) groups is 1. The Hall–Kier alpha value is -0.870. The number of ether oxygens (including phenoxy) is 1. The topological polar surface area (TPSA) is 72.5 Å². The van der Waals surface area contributed by atoms with Gasteiger partial charge in [-0.25, -0.2) is 0 Å². The monoisotopic (exact) mass is 566 g/mol. The molecule has 0 saturated carbocycles. The maximum absolute atomic E-state index is 12.0. The smallest absolute Gasteiger partial charge is 0.305 e. The molecular weight excluding hydrogens is 494 g/mol. The Morgan fingerprint density at radius 1 is 0.600 bits per heavy atom. The lowest BCUT2D eigenvalue weighted by atomic mass is 10.0. The average molecular weight is 566 g/mol. The molecule has 0 fully saturated rings. The maximum atomic E-state index is 12.0. The number of unbranched alkanes of at least 4 members (excludes halogenated alkanes) is 23. The van der Waals surface area contributed by atoms with Crippen molar-refractivity contribution >= 4 is 5.97 Å². The van der Waals surface area contributed by atoms with Crippen LogP contribution >= 0.6 is 0 Å². The summed E-state index contributed by atoms with van der Waals surface area (Å²) in [6, 6.07) is -0.476. The summed E-state index contributed by atoms with van der Waals surface area (Å²) in [5.74, 6) is -0.179. The van der Waals surface area contributed by atoms with Crippen molar-refractivity contribution in [2.45, 2.75) is 206 Å². The molecule has 2 unspecified atom stereocenters. The molecule has 0 aromatic rings. The highest BCUT2D eigenvalue weighted by molar-refractivity contribution is 5.69. The summed E-state index contributed by atoms with van der Waals surface area (Å²) in [6.45, 7) is 4.67. The Kier molecular flexibility index (Phi) is 31.9. The first-order valence-electron chi connectivity index (χ1n) is 17.9. The number of hydrogen-bond acceptors (Lipinski definition) is 4. The van der Waals surface area contributed by atoms with E-state index < -0.39 is 12.1 Å². The van der Waals surface area contributed by atoms with Crippen LogP contribution in [0.1, 0.15) is 194 Å². The largest absolute Gasteiger partial charge is 0.464 e. The molecule has 238 valence electrons. The van der Waals surface area contributed by atoms with E-state index >= 15 is 0 Å². The molecule has 4 heteroatoms. The van der Waals surface area contributed by atoms with Crippen LogP contribution < -0.4 is 5.73 Å². The Bertz CT molecular complexity index is 536. The van der Waals surface area contributed by atoms with Gasteiger partial charge in [0.25, 0.3) is 0 Å². The van der Waals surface area contributed by atoms with E-state index in [9.17, 15) is 9.90 Å². The second kappa shape index (κ2) is 32.6. The van der Waals surface area contributed by atoms with Gasteiger partial charge in [0.1, 0.15) is 6.61 Å². The Balaban J connectivity index is 3.44. The predicted molar refractivity (Wildman–Crippen MR) is 175 cm³/mol. The number of nitrogens with two attached hydrogens (primary N) is 1. The van der Waals surface area contributed by atoms with Crippen LogP contribution in [0.2, 0.25) is 0 Å². The van der Waals surface area contributed by atoms with Crippen LogP contribution in [0.4, 0.5) is 0 Å². The van der Waals surface area contributed by atoms with E-state index in [4.69, 9.17) is 10.5 Å².